The first kappa shape index (κ1) is 21.5. The second-order valence-electron chi connectivity index (χ2n) is 5.28. The van der Waals surface area contributed by atoms with Gasteiger partial charge in [-0.15, -0.1) is 12.4 Å². The Bertz CT molecular complexity index is 735. The van der Waals surface area contributed by atoms with Crippen molar-refractivity contribution in [1.82, 2.24) is 15.1 Å². The van der Waals surface area contributed by atoms with Crippen LogP contribution in [0.3, 0.4) is 0 Å². The van der Waals surface area contributed by atoms with Gasteiger partial charge in [-0.3, -0.25) is 9.48 Å². The summed E-state index contributed by atoms with van der Waals surface area (Å²) in [6, 6.07) is 6.29. The van der Waals surface area contributed by atoms with Crippen LogP contribution in [0, 0.1) is 0 Å². The normalized spacial score (nSPS) is 11.2. The van der Waals surface area contributed by atoms with Crippen LogP contribution in [0.15, 0.2) is 36.7 Å². The maximum atomic E-state index is 12.5. The summed E-state index contributed by atoms with van der Waals surface area (Å²) < 4.78 is 11.8. The molecule has 1 heterocycles. The third-order valence-electron chi connectivity index (χ3n) is 3.37. The minimum absolute atomic E-state index is 0. The molecule has 1 atom stereocenters. The molecule has 1 unspecified atom stereocenters. The highest BCUT2D eigenvalue weighted by molar-refractivity contribution is 5.95. The maximum Gasteiger partial charge on any atom is 0.344 e. The third-order valence-corrected chi connectivity index (χ3v) is 3.37. The Hall–Kier alpha value is -2.58. The topological polar surface area (TPSA) is 94.5 Å². The first-order valence-electron chi connectivity index (χ1n) is 7.88. The average molecular weight is 383 g/mol. The number of likely N-dealkylation sites (N-methyl/N-ethyl adjacent to an activating group) is 1. The Morgan fingerprint density at radius 3 is 2.73 bits per heavy atom. The van der Waals surface area contributed by atoms with E-state index in [1.165, 1.54) is 0 Å². The summed E-state index contributed by atoms with van der Waals surface area (Å²) in [5.41, 5.74) is 1.33. The lowest BCUT2D eigenvalue weighted by molar-refractivity contribution is -0.145. The Balaban J connectivity index is 0.00000338. The summed E-state index contributed by atoms with van der Waals surface area (Å²) in [4.78, 5) is 23.8. The number of carbonyl (C=O) groups excluding carboxylic acids is 2. The number of hydrogen-bond acceptors (Lipinski definition) is 6. The molecule has 2 N–H and O–H groups in total. The molecule has 2 rings (SSSR count). The molecule has 1 aromatic heterocycles. The molecule has 0 radical (unpaired) electrons. The van der Waals surface area contributed by atoms with Gasteiger partial charge >= 0.3 is 5.97 Å². The van der Waals surface area contributed by atoms with Crippen molar-refractivity contribution in [2.45, 2.75) is 13.0 Å². The van der Waals surface area contributed by atoms with Gasteiger partial charge in [0.15, 0.2) is 6.61 Å². The summed E-state index contributed by atoms with van der Waals surface area (Å²) >= 11 is 0. The predicted molar refractivity (Wildman–Crippen MR) is 99.5 cm³/mol. The number of benzene rings is 1. The quantitative estimate of drug-likeness (QED) is 0.674. The lowest BCUT2D eigenvalue weighted by atomic mass is 10.1. The highest BCUT2D eigenvalue weighted by Gasteiger charge is 2.20. The van der Waals surface area contributed by atoms with Crippen LogP contribution >= 0.6 is 12.4 Å². The fraction of sp³-hybridized carbons (Fsp3) is 0.353. The number of nitrogens with one attached hydrogen (secondary N) is 2. The second kappa shape index (κ2) is 10.4. The fourth-order valence-corrected chi connectivity index (χ4v) is 2.26. The van der Waals surface area contributed by atoms with Crippen molar-refractivity contribution in [1.29, 1.82) is 0 Å². The van der Waals surface area contributed by atoms with Crippen molar-refractivity contribution >= 4 is 30.0 Å². The monoisotopic (exact) mass is 382 g/mol. The third kappa shape index (κ3) is 6.05. The molecule has 1 aromatic carbocycles. The summed E-state index contributed by atoms with van der Waals surface area (Å²) in [5, 5.41) is 9.86. The van der Waals surface area contributed by atoms with E-state index < -0.39 is 12.0 Å². The highest BCUT2D eigenvalue weighted by Crippen LogP contribution is 2.20. The Labute approximate surface area is 158 Å². The standard InChI is InChI=1S/C17H22N4O4.ClH/c1-4-24-15(22)11-25-14-7-5-6-13(8-14)20-17(23)16(18-2)12-9-19-21(3)10-12;/h5-10,16,18H,4,11H2,1-3H3,(H,20,23);1H. The smallest absolute Gasteiger partial charge is 0.344 e. The number of amides is 1. The number of esters is 1. The first-order chi connectivity index (χ1) is 12.0. The van der Waals surface area contributed by atoms with Crippen molar-refractivity contribution in [3.63, 3.8) is 0 Å². The molecule has 9 heteroatoms. The molecular formula is C17H23ClN4O4. The number of carbonyl (C=O) groups is 2. The van der Waals surface area contributed by atoms with Crippen LogP contribution in [0.2, 0.25) is 0 Å². The molecule has 0 spiro atoms. The number of aromatic nitrogens is 2. The van der Waals surface area contributed by atoms with Crippen LogP contribution in [-0.2, 0) is 21.4 Å². The summed E-state index contributed by atoms with van der Waals surface area (Å²) in [5.74, 6) is -0.199. The van der Waals surface area contributed by atoms with E-state index in [-0.39, 0.29) is 24.9 Å². The largest absolute Gasteiger partial charge is 0.482 e. The minimum Gasteiger partial charge on any atom is -0.482 e. The molecule has 2 aromatic rings. The first-order valence-corrected chi connectivity index (χ1v) is 7.88. The van der Waals surface area contributed by atoms with Gasteiger partial charge in [-0.1, -0.05) is 6.07 Å². The number of rotatable bonds is 8. The molecule has 1 amide bonds. The van der Waals surface area contributed by atoms with Crippen LogP contribution in [0.1, 0.15) is 18.5 Å². The molecule has 26 heavy (non-hydrogen) atoms. The molecule has 0 aliphatic heterocycles. The van der Waals surface area contributed by atoms with Crippen LogP contribution in [0.25, 0.3) is 0 Å². The molecule has 0 saturated carbocycles. The Kier molecular flexibility index (Phi) is 8.60. The van der Waals surface area contributed by atoms with Gasteiger partial charge < -0.3 is 20.1 Å². The van der Waals surface area contributed by atoms with Gasteiger partial charge in [0.2, 0.25) is 5.91 Å². The lowest BCUT2D eigenvalue weighted by Gasteiger charge is -2.15. The fourth-order valence-electron chi connectivity index (χ4n) is 2.26. The van der Waals surface area contributed by atoms with E-state index in [0.29, 0.717) is 18.0 Å². The van der Waals surface area contributed by atoms with Crippen molar-refractivity contribution in [2.24, 2.45) is 7.05 Å². The zero-order valence-electron chi connectivity index (χ0n) is 14.9. The van der Waals surface area contributed by atoms with Gasteiger partial charge in [-0.25, -0.2) is 4.79 Å². The van der Waals surface area contributed by atoms with Crippen LogP contribution in [0.4, 0.5) is 5.69 Å². The van der Waals surface area contributed by atoms with Gasteiger partial charge in [-0.05, 0) is 26.1 Å². The molecular weight excluding hydrogens is 360 g/mol. The number of nitrogens with zero attached hydrogens (tertiary/aromatic N) is 2. The summed E-state index contributed by atoms with van der Waals surface area (Å²) in [7, 11) is 3.49. The van der Waals surface area contributed by atoms with Gasteiger partial charge in [0.05, 0.1) is 12.8 Å². The van der Waals surface area contributed by atoms with E-state index in [2.05, 4.69) is 15.7 Å². The number of halogens is 1. The zero-order chi connectivity index (χ0) is 18.2. The van der Waals surface area contributed by atoms with Gasteiger partial charge in [0, 0.05) is 30.6 Å². The zero-order valence-corrected chi connectivity index (χ0v) is 15.7. The van der Waals surface area contributed by atoms with Crippen LogP contribution < -0.4 is 15.4 Å². The van der Waals surface area contributed by atoms with Crippen LogP contribution in [0.5, 0.6) is 5.75 Å². The Morgan fingerprint density at radius 1 is 1.35 bits per heavy atom. The summed E-state index contributed by atoms with van der Waals surface area (Å²) in [6.45, 7) is 1.85. The Morgan fingerprint density at radius 2 is 2.12 bits per heavy atom. The van der Waals surface area contributed by atoms with Gasteiger partial charge in [-0.2, -0.15) is 5.10 Å². The maximum absolute atomic E-state index is 12.5. The average Bonchev–Trinajstić information content (AvgIpc) is 3.00. The molecule has 8 nitrogen and oxygen atoms in total. The molecule has 0 fully saturated rings. The molecule has 142 valence electrons. The van der Waals surface area contributed by atoms with E-state index in [1.807, 2.05) is 0 Å². The second-order valence-corrected chi connectivity index (χ2v) is 5.28. The number of ether oxygens (including phenoxy) is 2. The van der Waals surface area contributed by atoms with E-state index in [4.69, 9.17) is 9.47 Å². The van der Waals surface area contributed by atoms with Crippen molar-refractivity contribution in [2.75, 3.05) is 25.6 Å². The summed E-state index contributed by atoms with van der Waals surface area (Å²) in [6.07, 6.45) is 3.42. The van der Waals surface area contributed by atoms with Crippen molar-refractivity contribution in [3.05, 3.63) is 42.2 Å². The molecule has 0 aliphatic carbocycles. The van der Waals surface area contributed by atoms with Gasteiger partial charge in [0.1, 0.15) is 11.8 Å². The lowest BCUT2D eigenvalue weighted by Crippen LogP contribution is -2.30. The van der Waals surface area contributed by atoms with E-state index >= 15 is 0 Å². The molecule has 0 aliphatic rings. The molecule has 0 saturated heterocycles. The van der Waals surface area contributed by atoms with E-state index in [1.54, 1.807) is 62.4 Å². The van der Waals surface area contributed by atoms with Crippen molar-refractivity contribution in [3.8, 4) is 5.75 Å². The highest BCUT2D eigenvalue weighted by atomic mass is 35.5. The molecule has 0 bridgehead atoms. The number of hydrogen-bond donors (Lipinski definition) is 2. The SMILES string of the molecule is CCOC(=O)COc1cccc(NC(=O)C(NC)c2cnn(C)c2)c1.Cl. The van der Waals surface area contributed by atoms with Crippen LogP contribution in [-0.4, -0.2) is 41.9 Å². The van der Waals surface area contributed by atoms with Gasteiger partial charge in [0.25, 0.3) is 0 Å². The van der Waals surface area contributed by atoms with E-state index in [0.717, 1.165) is 5.56 Å². The minimum atomic E-state index is -0.530. The van der Waals surface area contributed by atoms with Crippen molar-refractivity contribution < 1.29 is 19.1 Å². The number of aryl methyl sites for hydroxylation is 1. The van der Waals surface area contributed by atoms with E-state index in [9.17, 15) is 9.59 Å². The number of anilines is 1. The predicted octanol–water partition coefficient (Wildman–Crippen LogP) is 1.68.